The second kappa shape index (κ2) is 6.57. The van der Waals surface area contributed by atoms with Crippen LogP contribution in [-0.2, 0) is 14.3 Å². The van der Waals surface area contributed by atoms with Crippen LogP contribution in [0, 0.1) is 17.8 Å². The summed E-state index contributed by atoms with van der Waals surface area (Å²) < 4.78 is 5.19. The van der Waals surface area contributed by atoms with Gasteiger partial charge in [-0.05, 0) is 48.3 Å². The lowest BCUT2D eigenvalue weighted by atomic mass is 9.94. The molecule has 0 aliphatic heterocycles. The zero-order valence-corrected chi connectivity index (χ0v) is 13.6. The number of nitrogens with one attached hydrogen (secondary N) is 1. The highest BCUT2D eigenvalue weighted by Crippen LogP contribution is 2.43. The Labute approximate surface area is 136 Å². The van der Waals surface area contributed by atoms with Crippen LogP contribution in [0.2, 0.25) is 0 Å². The van der Waals surface area contributed by atoms with E-state index in [0.29, 0.717) is 17.8 Å². The number of ether oxygens (including phenoxy) is 1. The van der Waals surface area contributed by atoms with E-state index in [-0.39, 0.29) is 24.4 Å². The standard InChI is InChI=1S/C19H23NO3/c1-12(2)14-5-7-16(8-6-14)20-18(21)11-23-19(22)17-10-13-3-4-15(17)9-13/h3-8,12-13,15,17H,9-11H2,1-2H3,(H,20,21)/t13-,15-,17-/m0/s1. The monoisotopic (exact) mass is 313 g/mol. The van der Waals surface area contributed by atoms with E-state index in [1.807, 2.05) is 24.3 Å². The van der Waals surface area contributed by atoms with Crippen LogP contribution in [0.4, 0.5) is 5.69 Å². The van der Waals surface area contributed by atoms with E-state index >= 15 is 0 Å². The third kappa shape index (κ3) is 3.63. The Morgan fingerprint density at radius 3 is 2.48 bits per heavy atom. The Morgan fingerprint density at radius 2 is 1.91 bits per heavy atom. The molecule has 0 aromatic heterocycles. The van der Waals surface area contributed by atoms with Crippen LogP contribution >= 0.6 is 0 Å². The van der Waals surface area contributed by atoms with Gasteiger partial charge in [-0.3, -0.25) is 9.59 Å². The van der Waals surface area contributed by atoms with Crippen molar-refractivity contribution in [1.29, 1.82) is 0 Å². The number of hydrogen-bond donors (Lipinski definition) is 1. The highest BCUT2D eigenvalue weighted by atomic mass is 16.5. The molecule has 122 valence electrons. The summed E-state index contributed by atoms with van der Waals surface area (Å²) in [4.78, 5) is 24.0. The Hall–Kier alpha value is -2.10. The number of rotatable bonds is 5. The van der Waals surface area contributed by atoms with E-state index in [9.17, 15) is 9.59 Å². The van der Waals surface area contributed by atoms with Gasteiger partial charge in [0, 0.05) is 5.69 Å². The Morgan fingerprint density at radius 1 is 1.17 bits per heavy atom. The summed E-state index contributed by atoms with van der Waals surface area (Å²) in [5, 5.41) is 2.76. The van der Waals surface area contributed by atoms with Gasteiger partial charge in [0.15, 0.2) is 6.61 Å². The van der Waals surface area contributed by atoms with Crippen LogP contribution in [0.5, 0.6) is 0 Å². The quantitative estimate of drug-likeness (QED) is 0.668. The molecule has 1 fully saturated rings. The molecule has 2 bridgehead atoms. The molecule has 1 aromatic carbocycles. The SMILES string of the molecule is CC(C)c1ccc(NC(=O)COC(=O)[C@H]2C[C@H]3C=C[C@H]2C3)cc1. The molecule has 1 saturated carbocycles. The molecule has 3 rings (SSSR count). The van der Waals surface area contributed by atoms with E-state index < -0.39 is 0 Å². The van der Waals surface area contributed by atoms with Crippen molar-refractivity contribution in [2.45, 2.75) is 32.6 Å². The first-order valence-electron chi connectivity index (χ1n) is 8.27. The fraction of sp³-hybridized carbons (Fsp3) is 0.474. The maximum atomic E-state index is 12.1. The molecule has 0 saturated heterocycles. The molecule has 0 radical (unpaired) electrons. The maximum Gasteiger partial charge on any atom is 0.310 e. The minimum Gasteiger partial charge on any atom is -0.455 e. The molecule has 4 nitrogen and oxygen atoms in total. The van der Waals surface area contributed by atoms with Gasteiger partial charge in [0.1, 0.15) is 0 Å². The number of fused-ring (bicyclic) bond motifs is 2. The lowest BCUT2D eigenvalue weighted by molar-refractivity contribution is -0.152. The summed E-state index contributed by atoms with van der Waals surface area (Å²) in [5.41, 5.74) is 1.94. The molecule has 1 N–H and O–H groups in total. The summed E-state index contributed by atoms with van der Waals surface area (Å²) in [6.07, 6.45) is 6.20. The fourth-order valence-electron chi connectivity index (χ4n) is 3.44. The topological polar surface area (TPSA) is 55.4 Å². The normalized spacial score (nSPS) is 24.9. The molecule has 23 heavy (non-hydrogen) atoms. The lowest BCUT2D eigenvalue weighted by Crippen LogP contribution is -2.26. The van der Waals surface area contributed by atoms with Crippen LogP contribution < -0.4 is 5.32 Å². The van der Waals surface area contributed by atoms with Gasteiger partial charge in [0.05, 0.1) is 5.92 Å². The number of allylic oxidation sites excluding steroid dienone is 2. The van der Waals surface area contributed by atoms with Gasteiger partial charge in [-0.15, -0.1) is 0 Å². The van der Waals surface area contributed by atoms with E-state index in [1.165, 1.54) is 5.56 Å². The van der Waals surface area contributed by atoms with E-state index in [2.05, 4.69) is 31.3 Å². The molecule has 0 heterocycles. The Kier molecular flexibility index (Phi) is 4.51. The van der Waals surface area contributed by atoms with Gasteiger partial charge < -0.3 is 10.1 Å². The van der Waals surface area contributed by atoms with Crippen LogP contribution in [0.1, 0.15) is 38.2 Å². The number of anilines is 1. The van der Waals surface area contributed by atoms with Gasteiger partial charge in [-0.2, -0.15) is 0 Å². The van der Waals surface area contributed by atoms with Crippen molar-refractivity contribution in [3.05, 3.63) is 42.0 Å². The van der Waals surface area contributed by atoms with Crippen LogP contribution in [-0.4, -0.2) is 18.5 Å². The molecular formula is C19H23NO3. The molecule has 3 atom stereocenters. The molecule has 4 heteroatoms. The van der Waals surface area contributed by atoms with Crippen LogP contribution in [0.25, 0.3) is 0 Å². The predicted octanol–water partition coefficient (Wildman–Crippen LogP) is 3.50. The molecule has 0 unspecified atom stereocenters. The van der Waals surface area contributed by atoms with Crippen molar-refractivity contribution in [2.24, 2.45) is 17.8 Å². The predicted molar refractivity (Wildman–Crippen MR) is 89.0 cm³/mol. The third-order valence-electron chi connectivity index (χ3n) is 4.79. The van der Waals surface area contributed by atoms with E-state index in [4.69, 9.17) is 4.74 Å². The zero-order valence-electron chi connectivity index (χ0n) is 13.6. The number of benzene rings is 1. The van der Waals surface area contributed by atoms with Crippen LogP contribution in [0.15, 0.2) is 36.4 Å². The van der Waals surface area contributed by atoms with Crippen molar-refractivity contribution in [3.8, 4) is 0 Å². The molecule has 1 aromatic rings. The fourth-order valence-corrected chi connectivity index (χ4v) is 3.44. The van der Waals surface area contributed by atoms with E-state index in [0.717, 1.165) is 18.5 Å². The first-order valence-corrected chi connectivity index (χ1v) is 8.27. The lowest BCUT2D eigenvalue weighted by Gasteiger charge is -2.16. The minimum atomic E-state index is -0.297. The minimum absolute atomic E-state index is 0.0666. The second-order valence-corrected chi connectivity index (χ2v) is 6.82. The molecular weight excluding hydrogens is 290 g/mol. The number of hydrogen-bond acceptors (Lipinski definition) is 3. The first-order chi connectivity index (χ1) is 11.0. The smallest absolute Gasteiger partial charge is 0.310 e. The van der Waals surface area contributed by atoms with Crippen molar-refractivity contribution in [2.75, 3.05) is 11.9 Å². The van der Waals surface area contributed by atoms with E-state index in [1.54, 1.807) is 0 Å². The number of amides is 1. The van der Waals surface area contributed by atoms with Gasteiger partial charge in [-0.25, -0.2) is 0 Å². The Bertz CT molecular complexity index is 618. The van der Waals surface area contributed by atoms with Crippen molar-refractivity contribution in [1.82, 2.24) is 0 Å². The summed E-state index contributed by atoms with van der Waals surface area (Å²) in [6.45, 7) is 4.03. The number of esters is 1. The van der Waals surface area contributed by atoms with Gasteiger partial charge in [0.2, 0.25) is 0 Å². The van der Waals surface area contributed by atoms with Gasteiger partial charge in [0.25, 0.3) is 5.91 Å². The summed E-state index contributed by atoms with van der Waals surface area (Å²) >= 11 is 0. The summed E-state index contributed by atoms with van der Waals surface area (Å²) in [5.74, 6) is 0.672. The molecule has 1 amide bonds. The van der Waals surface area contributed by atoms with Gasteiger partial charge in [-0.1, -0.05) is 38.1 Å². The first kappa shape index (κ1) is 15.8. The second-order valence-electron chi connectivity index (χ2n) is 6.82. The van der Waals surface area contributed by atoms with Crippen molar-refractivity contribution in [3.63, 3.8) is 0 Å². The van der Waals surface area contributed by atoms with Crippen LogP contribution in [0.3, 0.4) is 0 Å². The largest absolute Gasteiger partial charge is 0.455 e. The highest BCUT2D eigenvalue weighted by molar-refractivity contribution is 5.93. The summed E-state index contributed by atoms with van der Waals surface area (Å²) in [6, 6.07) is 7.73. The molecule has 2 aliphatic rings. The average Bonchev–Trinajstić information content (AvgIpc) is 3.16. The third-order valence-corrected chi connectivity index (χ3v) is 4.79. The number of carbonyl (C=O) groups is 2. The van der Waals surface area contributed by atoms with Crippen molar-refractivity contribution >= 4 is 17.6 Å². The average molecular weight is 313 g/mol. The highest BCUT2D eigenvalue weighted by Gasteiger charge is 2.40. The van der Waals surface area contributed by atoms with Gasteiger partial charge >= 0.3 is 5.97 Å². The number of carbonyl (C=O) groups excluding carboxylic acids is 2. The Balaban J connectivity index is 1.46. The molecule has 2 aliphatic carbocycles. The summed E-state index contributed by atoms with van der Waals surface area (Å²) in [7, 11) is 0. The molecule has 0 spiro atoms. The maximum absolute atomic E-state index is 12.1. The zero-order chi connectivity index (χ0) is 16.4. The van der Waals surface area contributed by atoms with Crippen molar-refractivity contribution < 1.29 is 14.3 Å².